The van der Waals surface area contributed by atoms with Crippen LogP contribution >= 0.6 is 0 Å². The maximum atomic E-state index is 10.8. The minimum atomic E-state index is -1.73. The summed E-state index contributed by atoms with van der Waals surface area (Å²) in [5.41, 5.74) is -1.73. The van der Waals surface area contributed by atoms with Gasteiger partial charge in [0.2, 0.25) is 0 Å². The number of nitrogens with zero attached hydrogens (tertiary/aromatic N) is 1. The predicted molar refractivity (Wildman–Crippen MR) is 54.6 cm³/mol. The summed E-state index contributed by atoms with van der Waals surface area (Å²) in [5, 5.41) is 27.6. The van der Waals surface area contributed by atoms with Gasteiger partial charge in [-0.25, -0.2) is 4.79 Å². The van der Waals surface area contributed by atoms with Crippen molar-refractivity contribution in [3.63, 3.8) is 0 Å². The Labute approximate surface area is 89.3 Å². The van der Waals surface area contributed by atoms with E-state index in [4.69, 9.17) is 10.2 Å². The van der Waals surface area contributed by atoms with Gasteiger partial charge in [-0.15, -0.1) is 0 Å². The van der Waals surface area contributed by atoms with Crippen LogP contribution in [0.2, 0.25) is 0 Å². The van der Waals surface area contributed by atoms with Gasteiger partial charge in [-0.05, 0) is 26.3 Å². The Kier molecular flexibility index (Phi) is 4.07. The van der Waals surface area contributed by atoms with Gasteiger partial charge in [-0.1, -0.05) is 6.42 Å². The third-order valence-corrected chi connectivity index (χ3v) is 2.93. The number of carboxylic acids is 1. The molecule has 2 unspecified atom stereocenters. The molecule has 5 heteroatoms. The topological polar surface area (TPSA) is 81.0 Å². The standard InChI is InChI=1S/C10H19NO4/c1-10(15,9(13)14)7-11-5-3-2-4-8(11)6-12/h8,12,15H,2-7H2,1H3,(H,13,14). The summed E-state index contributed by atoms with van der Waals surface area (Å²) in [6.07, 6.45) is 2.91. The van der Waals surface area contributed by atoms with Gasteiger partial charge in [-0.3, -0.25) is 4.90 Å². The molecule has 0 bridgehead atoms. The molecular formula is C10H19NO4. The molecular weight excluding hydrogens is 198 g/mol. The minimum absolute atomic E-state index is 0.00965. The van der Waals surface area contributed by atoms with Gasteiger partial charge in [-0.2, -0.15) is 0 Å². The number of aliphatic carboxylic acids is 1. The van der Waals surface area contributed by atoms with Gasteiger partial charge in [0.15, 0.2) is 5.60 Å². The second-order valence-corrected chi connectivity index (χ2v) is 4.38. The lowest BCUT2D eigenvalue weighted by molar-refractivity contribution is -0.159. The second kappa shape index (κ2) is 4.92. The quantitative estimate of drug-likeness (QED) is 0.600. The van der Waals surface area contributed by atoms with Gasteiger partial charge in [0.05, 0.1) is 6.61 Å². The molecule has 0 aromatic rings. The molecule has 15 heavy (non-hydrogen) atoms. The third kappa shape index (κ3) is 3.15. The molecule has 1 aliphatic heterocycles. The summed E-state index contributed by atoms with van der Waals surface area (Å²) in [7, 11) is 0. The lowest BCUT2D eigenvalue weighted by atomic mass is 9.99. The number of aliphatic hydroxyl groups is 2. The lowest BCUT2D eigenvalue weighted by Crippen LogP contribution is -2.52. The highest BCUT2D eigenvalue weighted by molar-refractivity contribution is 5.76. The molecule has 2 atom stereocenters. The number of carboxylic acid groups (broad SMARTS) is 1. The van der Waals surface area contributed by atoms with E-state index < -0.39 is 11.6 Å². The zero-order chi connectivity index (χ0) is 11.5. The molecule has 88 valence electrons. The molecule has 1 rings (SSSR count). The Bertz CT molecular complexity index is 229. The number of β-amino-alcohol motifs (C(OH)–C–C–N with tert-alkyl or cyclic N) is 1. The van der Waals surface area contributed by atoms with Crippen molar-refractivity contribution in [3.05, 3.63) is 0 Å². The van der Waals surface area contributed by atoms with Crippen molar-refractivity contribution in [2.24, 2.45) is 0 Å². The van der Waals surface area contributed by atoms with E-state index in [1.54, 1.807) is 0 Å². The van der Waals surface area contributed by atoms with E-state index in [9.17, 15) is 9.90 Å². The third-order valence-electron chi connectivity index (χ3n) is 2.93. The Morgan fingerprint density at radius 2 is 2.20 bits per heavy atom. The summed E-state index contributed by atoms with van der Waals surface area (Å²) in [4.78, 5) is 12.6. The molecule has 1 saturated heterocycles. The zero-order valence-electron chi connectivity index (χ0n) is 9.02. The maximum absolute atomic E-state index is 10.8. The summed E-state index contributed by atoms with van der Waals surface area (Å²) in [6.45, 7) is 2.14. The van der Waals surface area contributed by atoms with Crippen molar-refractivity contribution in [1.82, 2.24) is 4.90 Å². The first-order chi connectivity index (χ1) is 6.97. The van der Waals surface area contributed by atoms with E-state index in [-0.39, 0.29) is 19.2 Å². The minimum Gasteiger partial charge on any atom is -0.479 e. The number of carbonyl (C=O) groups is 1. The molecule has 3 N–H and O–H groups in total. The summed E-state index contributed by atoms with van der Waals surface area (Å²) in [6, 6.07) is -0.00965. The first kappa shape index (κ1) is 12.4. The van der Waals surface area contributed by atoms with Crippen LogP contribution in [0, 0.1) is 0 Å². The van der Waals surface area contributed by atoms with Crippen LogP contribution in [0.15, 0.2) is 0 Å². The first-order valence-corrected chi connectivity index (χ1v) is 5.28. The van der Waals surface area contributed by atoms with Crippen molar-refractivity contribution >= 4 is 5.97 Å². The monoisotopic (exact) mass is 217 g/mol. The number of likely N-dealkylation sites (tertiary alicyclic amines) is 1. The van der Waals surface area contributed by atoms with Crippen LogP contribution in [0.3, 0.4) is 0 Å². The lowest BCUT2D eigenvalue weighted by Gasteiger charge is -2.37. The van der Waals surface area contributed by atoms with Gasteiger partial charge >= 0.3 is 5.97 Å². The van der Waals surface area contributed by atoms with Crippen LogP contribution in [0.25, 0.3) is 0 Å². The van der Waals surface area contributed by atoms with Crippen LogP contribution in [-0.4, -0.2) is 57.5 Å². The first-order valence-electron chi connectivity index (χ1n) is 5.28. The average Bonchev–Trinajstić information content (AvgIpc) is 2.18. The molecule has 0 amide bonds. The SMILES string of the molecule is CC(O)(CN1CCCCC1CO)C(=O)O. The molecule has 0 saturated carbocycles. The molecule has 0 aliphatic carbocycles. The number of piperidine rings is 1. The molecule has 0 aromatic carbocycles. The number of hydrogen-bond acceptors (Lipinski definition) is 4. The van der Waals surface area contributed by atoms with Gasteiger partial charge in [0.1, 0.15) is 0 Å². The van der Waals surface area contributed by atoms with Crippen LogP contribution in [0.1, 0.15) is 26.2 Å². The Balaban J connectivity index is 2.58. The highest BCUT2D eigenvalue weighted by Gasteiger charge is 2.35. The van der Waals surface area contributed by atoms with Crippen molar-refractivity contribution < 1.29 is 20.1 Å². The average molecular weight is 217 g/mol. The number of rotatable bonds is 4. The van der Waals surface area contributed by atoms with Crippen molar-refractivity contribution in [2.45, 2.75) is 37.8 Å². The highest BCUT2D eigenvalue weighted by Crippen LogP contribution is 2.19. The second-order valence-electron chi connectivity index (χ2n) is 4.38. The molecule has 5 nitrogen and oxygen atoms in total. The van der Waals surface area contributed by atoms with Crippen LogP contribution in [-0.2, 0) is 4.79 Å². The Morgan fingerprint density at radius 1 is 1.53 bits per heavy atom. The largest absolute Gasteiger partial charge is 0.479 e. The van der Waals surface area contributed by atoms with Crippen LogP contribution < -0.4 is 0 Å². The fourth-order valence-electron chi connectivity index (χ4n) is 1.94. The molecule has 1 heterocycles. The molecule has 0 aromatic heterocycles. The fraction of sp³-hybridized carbons (Fsp3) is 0.900. The summed E-state index contributed by atoms with van der Waals surface area (Å²) >= 11 is 0. The Morgan fingerprint density at radius 3 is 2.73 bits per heavy atom. The van der Waals surface area contributed by atoms with Gasteiger partial charge in [0, 0.05) is 12.6 Å². The number of hydrogen-bond donors (Lipinski definition) is 3. The van der Waals surface area contributed by atoms with E-state index in [2.05, 4.69) is 0 Å². The van der Waals surface area contributed by atoms with E-state index in [1.165, 1.54) is 6.92 Å². The van der Waals surface area contributed by atoms with E-state index in [1.807, 2.05) is 4.90 Å². The normalized spacial score (nSPS) is 27.3. The van der Waals surface area contributed by atoms with Crippen LogP contribution in [0.4, 0.5) is 0 Å². The molecule has 1 aliphatic rings. The van der Waals surface area contributed by atoms with E-state index in [0.29, 0.717) is 0 Å². The van der Waals surface area contributed by atoms with E-state index in [0.717, 1.165) is 25.8 Å². The smallest absolute Gasteiger partial charge is 0.336 e. The fourth-order valence-corrected chi connectivity index (χ4v) is 1.94. The van der Waals surface area contributed by atoms with Gasteiger partial charge in [0.25, 0.3) is 0 Å². The van der Waals surface area contributed by atoms with Gasteiger partial charge < -0.3 is 15.3 Å². The summed E-state index contributed by atoms with van der Waals surface area (Å²) in [5.74, 6) is -1.22. The predicted octanol–water partition coefficient (Wildman–Crippen LogP) is -0.331. The van der Waals surface area contributed by atoms with Crippen molar-refractivity contribution in [2.75, 3.05) is 19.7 Å². The number of aliphatic hydroxyl groups excluding tert-OH is 1. The van der Waals surface area contributed by atoms with E-state index >= 15 is 0 Å². The molecule has 0 radical (unpaired) electrons. The van der Waals surface area contributed by atoms with Crippen molar-refractivity contribution in [1.29, 1.82) is 0 Å². The van der Waals surface area contributed by atoms with Crippen molar-refractivity contribution in [3.8, 4) is 0 Å². The molecule has 0 spiro atoms. The van der Waals surface area contributed by atoms with Crippen LogP contribution in [0.5, 0.6) is 0 Å². The highest BCUT2D eigenvalue weighted by atomic mass is 16.4. The maximum Gasteiger partial charge on any atom is 0.336 e. The molecule has 1 fully saturated rings. The summed E-state index contributed by atoms with van der Waals surface area (Å²) < 4.78 is 0. The zero-order valence-corrected chi connectivity index (χ0v) is 9.02. The Hall–Kier alpha value is -0.650.